The molecule has 0 aliphatic rings. The van der Waals surface area contributed by atoms with Crippen molar-refractivity contribution in [3.05, 3.63) is 21.9 Å². The van der Waals surface area contributed by atoms with Gasteiger partial charge >= 0.3 is 0 Å². The number of alkyl halides is 1. The monoisotopic (exact) mass is 282 g/mol. The number of rotatable bonds is 3. The van der Waals surface area contributed by atoms with Crippen LogP contribution in [0.15, 0.2) is 6.07 Å². The lowest BCUT2D eigenvalue weighted by Gasteiger charge is -2.07. The average Bonchev–Trinajstić information content (AvgIpc) is 2.11. The molecule has 1 aromatic heterocycles. The summed E-state index contributed by atoms with van der Waals surface area (Å²) in [5, 5.41) is 9.14. The Morgan fingerprint density at radius 3 is 2.77 bits per heavy atom. The van der Waals surface area contributed by atoms with Gasteiger partial charge in [-0.1, -0.05) is 46.1 Å². The van der Waals surface area contributed by atoms with Crippen molar-refractivity contribution in [1.29, 1.82) is 0 Å². The maximum atomic E-state index is 5.85. The van der Waals surface area contributed by atoms with Crippen LogP contribution in [0.2, 0.25) is 10.3 Å². The van der Waals surface area contributed by atoms with E-state index in [0.717, 1.165) is 17.3 Å². The first kappa shape index (κ1) is 11.2. The Kier molecular flexibility index (Phi) is 4.42. The van der Waals surface area contributed by atoms with Gasteiger partial charge in [0.2, 0.25) is 0 Å². The molecule has 72 valence electrons. The molecule has 1 aromatic rings. The van der Waals surface area contributed by atoms with Crippen LogP contribution in [0.5, 0.6) is 0 Å². The van der Waals surface area contributed by atoms with Crippen LogP contribution in [0, 0.1) is 5.92 Å². The Bertz CT molecular complexity index is 293. The molecule has 0 radical (unpaired) electrons. The lowest BCUT2D eigenvalue weighted by Crippen LogP contribution is -2.02. The Morgan fingerprint density at radius 2 is 2.15 bits per heavy atom. The van der Waals surface area contributed by atoms with Gasteiger partial charge in [0.05, 0.1) is 0 Å². The van der Waals surface area contributed by atoms with Crippen molar-refractivity contribution in [1.82, 2.24) is 10.2 Å². The normalized spacial score (nSPS) is 12.9. The second-order valence-corrected chi connectivity index (χ2v) is 4.34. The SMILES string of the molecule is CC(CBr)Cc1cc(Cl)nnc1Cl. The van der Waals surface area contributed by atoms with Crippen LogP contribution in [-0.4, -0.2) is 15.5 Å². The van der Waals surface area contributed by atoms with Gasteiger partial charge in [-0.25, -0.2) is 0 Å². The minimum absolute atomic E-state index is 0.390. The van der Waals surface area contributed by atoms with Crippen molar-refractivity contribution < 1.29 is 0 Å². The first-order valence-electron chi connectivity index (χ1n) is 3.87. The Labute approximate surface area is 95.8 Å². The van der Waals surface area contributed by atoms with Crippen LogP contribution in [0.25, 0.3) is 0 Å². The fourth-order valence-electron chi connectivity index (χ4n) is 0.961. The molecule has 0 saturated heterocycles. The van der Waals surface area contributed by atoms with Crippen LogP contribution < -0.4 is 0 Å². The van der Waals surface area contributed by atoms with E-state index in [1.165, 1.54) is 0 Å². The van der Waals surface area contributed by atoms with Crippen molar-refractivity contribution in [3.63, 3.8) is 0 Å². The van der Waals surface area contributed by atoms with Gasteiger partial charge in [-0.3, -0.25) is 0 Å². The van der Waals surface area contributed by atoms with E-state index in [0.29, 0.717) is 16.2 Å². The summed E-state index contributed by atoms with van der Waals surface area (Å²) >= 11 is 15.0. The van der Waals surface area contributed by atoms with Gasteiger partial charge in [0.25, 0.3) is 0 Å². The summed E-state index contributed by atoms with van der Waals surface area (Å²) in [5.74, 6) is 0.512. The number of hydrogen-bond donors (Lipinski definition) is 0. The largest absolute Gasteiger partial charge is 0.155 e. The predicted molar refractivity (Wildman–Crippen MR) is 58.7 cm³/mol. The number of aromatic nitrogens is 2. The molecular weight excluding hydrogens is 275 g/mol. The minimum atomic E-state index is 0.390. The molecule has 0 N–H and O–H groups in total. The number of halogens is 3. The standard InChI is InChI=1S/C8H9BrCl2N2/c1-5(4-9)2-6-3-7(10)12-13-8(6)11/h3,5H,2,4H2,1H3. The summed E-state index contributed by atoms with van der Waals surface area (Å²) in [4.78, 5) is 0. The summed E-state index contributed by atoms with van der Waals surface area (Å²) in [6.07, 6.45) is 0.860. The second kappa shape index (κ2) is 5.13. The van der Waals surface area contributed by atoms with E-state index in [1.54, 1.807) is 6.07 Å². The molecule has 13 heavy (non-hydrogen) atoms. The zero-order valence-electron chi connectivity index (χ0n) is 7.10. The first-order chi connectivity index (χ1) is 6.13. The van der Waals surface area contributed by atoms with Crippen molar-refractivity contribution in [2.45, 2.75) is 13.3 Å². The fraction of sp³-hybridized carbons (Fsp3) is 0.500. The highest BCUT2D eigenvalue weighted by atomic mass is 79.9. The van der Waals surface area contributed by atoms with E-state index < -0.39 is 0 Å². The third-order valence-corrected chi connectivity index (χ3v) is 3.23. The zero-order valence-corrected chi connectivity index (χ0v) is 10.2. The molecule has 0 fully saturated rings. The van der Waals surface area contributed by atoms with Crippen molar-refractivity contribution in [2.24, 2.45) is 5.92 Å². The summed E-state index contributed by atoms with van der Waals surface area (Å²) in [5.41, 5.74) is 0.952. The third kappa shape index (κ3) is 3.41. The van der Waals surface area contributed by atoms with Crippen molar-refractivity contribution >= 4 is 39.1 Å². The maximum absolute atomic E-state index is 5.85. The molecular formula is C8H9BrCl2N2. The molecule has 0 aromatic carbocycles. The minimum Gasteiger partial charge on any atom is -0.137 e. The number of hydrogen-bond acceptors (Lipinski definition) is 2. The van der Waals surface area contributed by atoms with E-state index in [9.17, 15) is 0 Å². The first-order valence-corrected chi connectivity index (χ1v) is 5.74. The lowest BCUT2D eigenvalue weighted by molar-refractivity contribution is 0.659. The summed E-state index contributed by atoms with van der Waals surface area (Å²) < 4.78 is 0. The van der Waals surface area contributed by atoms with Crippen LogP contribution in [0.3, 0.4) is 0 Å². The van der Waals surface area contributed by atoms with Crippen LogP contribution in [0.1, 0.15) is 12.5 Å². The smallest absolute Gasteiger partial charge is 0.137 e. The highest BCUT2D eigenvalue weighted by Crippen LogP contribution is 2.19. The van der Waals surface area contributed by atoms with E-state index >= 15 is 0 Å². The van der Waals surface area contributed by atoms with Crippen LogP contribution in [0.4, 0.5) is 0 Å². The highest BCUT2D eigenvalue weighted by molar-refractivity contribution is 9.09. The summed E-state index contributed by atoms with van der Waals surface area (Å²) in [6.45, 7) is 2.12. The molecule has 5 heteroatoms. The Balaban J connectivity index is 2.81. The zero-order chi connectivity index (χ0) is 9.84. The molecule has 1 atom stereocenters. The van der Waals surface area contributed by atoms with Crippen molar-refractivity contribution in [3.8, 4) is 0 Å². The highest BCUT2D eigenvalue weighted by Gasteiger charge is 2.08. The topological polar surface area (TPSA) is 25.8 Å². The molecule has 0 saturated carbocycles. The van der Waals surface area contributed by atoms with Gasteiger partial charge in [0, 0.05) is 5.33 Å². The van der Waals surface area contributed by atoms with Gasteiger partial charge < -0.3 is 0 Å². The second-order valence-electron chi connectivity index (χ2n) is 2.95. The molecule has 1 rings (SSSR count). The Morgan fingerprint density at radius 1 is 1.46 bits per heavy atom. The molecule has 1 unspecified atom stereocenters. The molecule has 0 amide bonds. The van der Waals surface area contributed by atoms with Gasteiger partial charge in [-0.2, -0.15) is 0 Å². The van der Waals surface area contributed by atoms with E-state index in [1.807, 2.05) is 0 Å². The molecule has 1 heterocycles. The molecule has 0 bridgehead atoms. The molecule has 0 aliphatic carbocycles. The van der Waals surface area contributed by atoms with Gasteiger partial charge in [-0.05, 0) is 24.0 Å². The number of nitrogens with zero attached hydrogens (tertiary/aromatic N) is 2. The maximum Gasteiger partial charge on any atom is 0.155 e. The van der Waals surface area contributed by atoms with Gasteiger partial charge in [0.1, 0.15) is 0 Å². The average molecular weight is 284 g/mol. The predicted octanol–water partition coefficient (Wildman–Crippen LogP) is 3.36. The van der Waals surface area contributed by atoms with Crippen LogP contribution in [-0.2, 0) is 6.42 Å². The molecule has 0 aliphatic heterocycles. The van der Waals surface area contributed by atoms with Gasteiger partial charge in [0.15, 0.2) is 10.3 Å². The Hall–Kier alpha value is 0.140. The molecule has 0 spiro atoms. The lowest BCUT2D eigenvalue weighted by atomic mass is 10.1. The summed E-state index contributed by atoms with van der Waals surface area (Å²) in [6, 6.07) is 1.76. The molecule has 2 nitrogen and oxygen atoms in total. The summed E-state index contributed by atoms with van der Waals surface area (Å²) in [7, 11) is 0. The quantitative estimate of drug-likeness (QED) is 0.795. The van der Waals surface area contributed by atoms with Crippen molar-refractivity contribution in [2.75, 3.05) is 5.33 Å². The third-order valence-electron chi connectivity index (χ3n) is 1.62. The van der Waals surface area contributed by atoms with E-state index in [4.69, 9.17) is 23.2 Å². The van der Waals surface area contributed by atoms with E-state index in [2.05, 4.69) is 33.1 Å². The van der Waals surface area contributed by atoms with E-state index in [-0.39, 0.29) is 0 Å². The van der Waals surface area contributed by atoms with Crippen LogP contribution >= 0.6 is 39.1 Å². The fourth-order valence-corrected chi connectivity index (χ4v) is 1.53. The van der Waals surface area contributed by atoms with Gasteiger partial charge in [-0.15, -0.1) is 10.2 Å².